The first-order chi connectivity index (χ1) is 9.51. The van der Waals surface area contributed by atoms with Crippen LogP contribution in [-0.2, 0) is 4.79 Å². The number of ether oxygens (including phenoxy) is 1. The number of imidazole rings is 1. The zero-order valence-electron chi connectivity index (χ0n) is 11.0. The number of aliphatic carboxylic acids is 1. The summed E-state index contributed by atoms with van der Waals surface area (Å²) in [6.07, 6.45) is 1.81. The lowest BCUT2D eigenvalue weighted by Crippen LogP contribution is -2.02. The fraction of sp³-hybridized carbons (Fsp3) is 0.231. The highest BCUT2D eigenvalue weighted by Crippen LogP contribution is 2.29. The van der Waals surface area contributed by atoms with E-state index >= 15 is 0 Å². The van der Waals surface area contributed by atoms with E-state index in [1.165, 1.54) is 0 Å². The Balaban J connectivity index is 2.43. The van der Waals surface area contributed by atoms with E-state index in [9.17, 15) is 4.79 Å². The Labute approximate surface area is 125 Å². The lowest BCUT2D eigenvalue weighted by molar-refractivity contribution is -0.133. The smallest absolute Gasteiger partial charge is 0.313 e. The SMILES string of the molecule is COc1ccc(Cl)c(-n2cc(C)nc2SCC(=O)O)c1. The standard InChI is InChI=1S/C13H13ClN2O3S/c1-8-6-16(13(15-8)20-7-12(17)18)11-5-9(19-2)3-4-10(11)14/h3-6H,7H2,1-2H3,(H,17,18). The van der Waals surface area contributed by atoms with Gasteiger partial charge in [-0.1, -0.05) is 23.4 Å². The summed E-state index contributed by atoms with van der Waals surface area (Å²) >= 11 is 7.35. The van der Waals surface area contributed by atoms with Gasteiger partial charge in [0.1, 0.15) is 5.75 Å². The molecule has 0 spiro atoms. The van der Waals surface area contributed by atoms with Gasteiger partial charge < -0.3 is 9.84 Å². The quantitative estimate of drug-likeness (QED) is 0.860. The van der Waals surface area contributed by atoms with Crippen molar-refractivity contribution in [1.29, 1.82) is 0 Å². The molecule has 5 nitrogen and oxygen atoms in total. The average Bonchev–Trinajstić information content (AvgIpc) is 2.78. The molecule has 0 amide bonds. The fourth-order valence-corrected chi connectivity index (χ4v) is 2.64. The Morgan fingerprint density at radius 1 is 1.55 bits per heavy atom. The predicted octanol–water partition coefficient (Wildman–Crippen LogP) is 3.02. The number of halogens is 1. The monoisotopic (exact) mass is 312 g/mol. The van der Waals surface area contributed by atoms with Crippen LogP contribution < -0.4 is 4.74 Å². The normalized spacial score (nSPS) is 10.6. The summed E-state index contributed by atoms with van der Waals surface area (Å²) in [6.45, 7) is 1.84. The molecule has 106 valence electrons. The second-order valence-electron chi connectivity index (χ2n) is 4.03. The van der Waals surface area contributed by atoms with Crippen LogP contribution in [0.3, 0.4) is 0 Å². The molecule has 7 heteroatoms. The Hall–Kier alpha value is -1.66. The van der Waals surface area contributed by atoms with E-state index in [4.69, 9.17) is 21.4 Å². The summed E-state index contributed by atoms with van der Waals surface area (Å²) < 4.78 is 6.95. The van der Waals surface area contributed by atoms with Crippen molar-refractivity contribution in [1.82, 2.24) is 9.55 Å². The number of methoxy groups -OCH3 is 1. The number of carbonyl (C=O) groups is 1. The molecule has 1 aromatic carbocycles. The third-order valence-corrected chi connectivity index (χ3v) is 3.79. The Morgan fingerprint density at radius 3 is 2.95 bits per heavy atom. The van der Waals surface area contributed by atoms with Crippen LogP contribution in [0.5, 0.6) is 5.75 Å². The molecule has 2 aromatic rings. The number of carboxylic acid groups (broad SMARTS) is 1. The maximum atomic E-state index is 10.7. The second-order valence-corrected chi connectivity index (χ2v) is 5.38. The van der Waals surface area contributed by atoms with Gasteiger partial charge >= 0.3 is 5.97 Å². The van der Waals surface area contributed by atoms with Crippen molar-refractivity contribution in [3.05, 3.63) is 35.1 Å². The van der Waals surface area contributed by atoms with E-state index in [0.29, 0.717) is 21.6 Å². The van der Waals surface area contributed by atoms with Gasteiger partial charge in [0.15, 0.2) is 5.16 Å². The van der Waals surface area contributed by atoms with E-state index in [0.717, 1.165) is 17.5 Å². The first kappa shape index (κ1) is 14.7. The highest BCUT2D eigenvalue weighted by atomic mass is 35.5. The summed E-state index contributed by atoms with van der Waals surface area (Å²) in [6, 6.07) is 5.28. The molecule has 1 heterocycles. The number of thioether (sulfide) groups is 1. The molecule has 0 saturated heterocycles. The maximum absolute atomic E-state index is 10.7. The molecule has 1 N–H and O–H groups in total. The Bertz CT molecular complexity index is 643. The van der Waals surface area contributed by atoms with E-state index in [-0.39, 0.29) is 5.75 Å². The molecule has 0 bridgehead atoms. The van der Waals surface area contributed by atoms with E-state index in [1.54, 1.807) is 29.9 Å². The van der Waals surface area contributed by atoms with Crippen molar-refractivity contribution >= 4 is 29.3 Å². The van der Waals surface area contributed by atoms with Crippen LogP contribution in [0, 0.1) is 6.92 Å². The number of carboxylic acids is 1. The lowest BCUT2D eigenvalue weighted by atomic mass is 10.3. The molecule has 0 atom stereocenters. The molecule has 0 aliphatic heterocycles. The number of hydrogen-bond acceptors (Lipinski definition) is 4. The Morgan fingerprint density at radius 2 is 2.30 bits per heavy atom. The van der Waals surface area contributed by atoms with Gasteiger partial charge in [-0.15, -0.1) is 0 Å². The predicted molar refractivity (Wildman–Crippen MR) is 78.2 cm³/mol. The summed E-state index contributed by atoms with van der Waals surface area (Å²) in [5, 5.41) is 9.90. The minimum Gasteiger partial charge on any atom is -0.497 e. The molecule has 1 aromatic heterocycles. The molecule has 20 heavy (non-hydrogen) atoms. The van der Waals surface area contributed by atoms with Crippen molar-refractivity contribution in [3.8, 4) is 11.4 Å². The molecule has 0 fully saturated rings. The van der Waals surface area contributed by atoms with Crippen LogP contribution in [0.15, 0.2) is 29.6 Å². The topological polar surface area (TPSA) is 64.4 Å². The Kier molecular flexibility index (Phi) is 4.57. The van der Waals surface area contributed by atoms with Gasteiger partial charge in [-0.2, -0.15) is 0 Å². The summed E-state index contributed by atoms with van der Waals surface area (Å²) in [4.78, 5) is 15.0. The minimum atomic E-state index is -0.890. The number of hydrogen-bond donors (Lipinski definition) is 1. The summed E-state index contributed by atoms with van der Waals surface area (Å²) in [5.74, 6) is -0.276. The van der Waals surface area contributed by atoms with Gasteiger partial charge in [0.05, 0.1) is 29.3 Å². The van der Waals surface area contributed by atoms with Crippen LogP contribution in [0.25, 0.3) is 5.69 Å². The van der Waals surface area contributed by atoms with Crippen molar-refractivity contribution in [3.63, 3.8) is 0 Å². The number of rotatable bonds is 5. The molecule has 0 aliphatic rings. The van der Waals surface area contributed by atoms with E-state index in [1.807, 2.05) is 13.1 Å². The molecular formula is C13H13ClN2O3S. The molecule has 0 radical (unpaired) electrons. The van der Waals surface area contributed by atoms with Crippen LogP contribution in [0.2, 0.25) is 5.02 Å². The van der Waals surface area contributed by atoms with Gasteiger partial charge in [0, 0.05) is 12.3 Å². The van der Waals surface area contributed by atoms with Gasteiger partial charge in [0.25, 0.3) is 0 Å². The fourth-order valence-electron chi connectivity index (χ4n) is 1.68. The van der Waals surface area contributed by atoms with Gasteiger partial charge in [0.2, 0.25) is 0 Å². The highest BCUT2D eigenvalue weighted by molar-refractivity contribution is 7.99. The first-order valence-electron chi connectivity index (χ1n) is 5.75. The lowest BCUT2D eigenvalue weighted by Gasteiger charge is -2.10. The average molecular weight is 313 g/mol. The van der Waals surface area contributed by atoms with Gasteiger partial charge in [-0.05, 0) is 19.1 Å². The molecule has 0 saturated carbocycles. The summed E-state index contributed by atoms with van der Waals surface area (Å²) in [7, 11) is 1.58. The van der Waals surface area contributed by atoms with Crippen molar-refractivity contribution in [2.75, 3.05) is 12.9 Å². The molecule has 0 unspecified atom stereocenters. The second kappa shape index (κ2) is 6.19. The van der Waals surface area contributed by atoms with Gasteiger partial charge in [-0.25, -0.2) is 4.98 Å². The zero-order valence-corrected chi connectivity index (χ0v) is 12.5. The highest BCUT2D eigenvalue weighted by Gasteiger charge is 2.13. The number of benzene rings is 1. The molecule has 2 rings (SSSR count). The zero-order chi connectivity index (χ0) is 14.7. The van der Waals surface area contributed by atoms with Crippen molar-refractivity contribution < 1.29 is 14.6 Å². The van der Waals surface area contributed by atoms with Crippen LogP contribution >= 0.6 is 23.4 Å². The number of aromatic nitrogens is 2. The van der Waals surface area contributed by atoms with E-state index < -0.39 is 5.97 Å². The van der Waals surface area contributed by atoms with Crippen molar-refractivity contribution in [2.45, 2.75) is 12.1 Å². The largest absolute Gasteiger partial charge is 0.497 e. The number of aryl methyl sites for hydroxylation is 1. The molecule has 0 aliphatic carbocycles. The molecular weight excluding hydrogens is 300 g/mol. The third-order valence-electron chi connectivity index (χ3n) is 2.53. The van der Waals surface area contributed by atoms with Crippen LogP contribution in [-0.4, -0.2) is 33.5 Å². The third kappa shape index (κ3) is 3.26. The first-order valence-corrected chi connectivity index (χ1v) is 7.12. The number of nitrogens with zero attached hydrogens (tertiary/aromatic N) is 2. The van der Waals surface area contributed by atoms with Crippen LogP contribution in [0.4, 0.5) is 0 Å². The minimum absolute atomic E-state index is 0.0575. The van der Waals surface area contributed by atoms with Crippen molar-refractivity contribution in [2.24, 2.45) is 0 Å². The van der Waals surface area contributed by atoms with Gasteiger partial charge in [-0.3, -0.25) is 9.36 Å². The van der Waals surface area contributed by atoms with Crippen LogP contribution in [0.1, 0.15) is 5.69 Å². The summed E-state index contributed by atoms with van der Waals surface area (Å²) in [5.41, 5.74) is 1.50. The van der Waals surface area contributed by atoms with E-state index in [2.05, 4.69) is 4.98 Å². The maximum Gasteiger partial charge on any atom is 0.313 e.